The zero-order valence-corrected chi connectivity index (χ0v) is 7.88. The highest BCUT2D eigenvalue weighted by molar-refractivity contribution is 5.70. The third kappa shape index (κ3) is 1.77. The lowest BCUT2D eigenvalue weighted by atomic mass is 9.78. The molecule has 0 aromatic rings. The van der Waals surface area contributed by atoms with Gasteiger partial charge in [-0.1, -0.05) is 11.1 Å². The zero-order chi connectivity index (χ0) is 9.26. The number of carboxylic acid groups (broad SMARTS) is 1. The van der Waals surface area contributed by atoms with E-state index in [9.17, 15) is 4.79 Å². The molecule has 0 aliphatic heterocycles. The van der Waals surface area contributed by atoms with Gasteiger partial charge in [-0.3, -0.25) is 4.79 Å². The first-order chi connectivity index (χ1) is 6.27. The number of rotatable bonds is 1. The molecular weight excluding hydrogens is 164 g/mol. The Labute approximate surface area is 78.6 Å². The normalized spacial score (nSPS) is 28.5. The monoisotopic (exact) mass is 180 g/mol. The predicted molar refractivity (Wildman–Crippen MR) is 50.5 cm³/mol. The molecule has 2 fully saturated rings. The summed E-state index contributed by atoms with van der Waals surface area (Å²) in [5.41, 5.74) is 3.23. The van der Waals surface area contributed by atoms with E-state index in [4.69, 9.17) is 5.11 Å². The van der Waals surface area contributed by atoms with Gasteiger partial charge in [0.15, 0.2) is 0 Å². The maximum Gasteiger partial charge on any atom is 0.306 e. The summed E-state index contributed by atoms with van der Waals surface area (Å²) in [5, 5.41) is 8.82. The molecule has 72 valence electrons. The van der Waals surface area contributed by atoms with E-state index in [1.54, 1.807) is 11.1 Å². The summed E-state index contributed by atoms with van der Waals surface area (Å²) in [5.74, 6) is -0.665. The SMILES string of the molecule is O=C(O)C1CCC(=C2CCC2)CC1. The van der Waals surface area contributed by atoms with Crippen molar-refractivity contribution in [1.29, 1.82) is 0 Å². The lowest BCUT2D eigenvalue weighted by Gasteiger charge is -2.27. The van der Waals surface area contributed by atoms with Crippen molar-refractivity contribution in [2.24, 2.45) is 5.92 Å². The molecule has 0 saturated heterocycles. The average molecular weight is 180 g/mol. The first-order valence-corrected chi connectivity index (χ1v) is 5.20. The second-order valence-corrected chi connectivity index (χ2v) is 4.17. The zero-order valence-electron chi connectivity index (χ0n) is 7.88. The summed E-state index contributed by atoms with van der Waals surface area (Å²) >= 11 is 0. The van der Waals surface area contributed by atoms with Crippen LogP contribution in [0.25, 0.3) is 0 Å². The van der Waals surface area contributed by atoms with Gasteiger partial charge < -0.3 is 5.11 Å². The van der Waals surface area contributed by atoms with Gasteiger partial charge in [-0.05, 0) is 44.9 Å². The molecule has 0 aromatic heterocycles. The van der Waals surface area contributed by atoms with Crippen molar-refractivity contribution in [3.8, 4) is 0 Å². The Hall–Kier alpha value is -0.790. The van der Waals surface area contributed by atoms with Gasteiger partial charge in [0.2, 0.25) is 0 Å². The van der Waals surface area contributed by atoms with Crippen LogP contribution in [0.2, 0.25) is 0 Å². The van der Waals surface area contributed by atoms with Crippen LogP contribution in [0.3, 0.4) is 0 Å². The molecule has 2 aliphatic rings. The fourth-order valence-electron chi connectivity index (χ4n) is 2.27. The van der Waals surface area contributed by atoms with Crippen molar-refractivity contribution in [2.45, 2.75) is 44.9 Å². The maximum atomic E-state index is 10.7. The summed E-state index contributed by atoms with van der Waals surface area (Å²) in [4.78, 5) is 10.7. The first kappa shape index (κ1) is 8.79. The van der Waals surface area contributed by atoms with Crippen molar-refractivity contribution >= 4 is 5.97 Å². The first-order valence-electron chi connectivity index (χ1n) is 5.20. The van der Waals surface area contributed by atoms with Crippen LogP contribution in [0.15, 0.2) is 11.1 Å². The number of hydrogen-bond donors (Lipinski definition) is 1. The van der Waals surface area contributed by atoms with Crippen LogP contribution in [0, 0.1) is 5.92 Å². The molecule has 0 unspecified atom stereocenters. The average Bonchev–Trinajstić information content (AvgIpc) is 2.02. The van der Waals surface area contributed by atoms with E-state index in [0.29, 0.717) is 0 Å². The second-order valence-electron chi connectivity index (χ2n) is 4.17. The number of aliphatic carboxylic acids is 1. The molecule has 13 heavy (non-hydrogen) atoms. The molecule has 0 bridgehead atoms. The molecule has 0 amide bonds. The molecule has 2 aliphatic carbocycles. The Balaban J connectivity index is 1.92. The second kappa shape index (κ2) is 3.52. The molecule has 0 radical (unpaired) electrons. The van der Waals surface area contributed by atoms with Crippen molar-refractivity contribution in [3.63, 3.8) is 0 Å². The van der Waals surface area contributed by atoms with Crippen LogP contribution in [0.1, 0.15) is 44.9 Å². The summed E-state index contributed by atoms with van der Waals surface area (Å²) < 4.78 is 0. The van der Waals surface area contributed by atoms with Crippen LogP contribution in [0.5, 0.6) is 0 Å². The van der Waals surface area contributed by atoms with Gasteiger partial charge in [0.25, 0.3) is 0 Å². The maximum absolute atomic E-state index is 10.7. The van der Waals surface area contributed by atoms with Crippen LogP contribution >= 0.6 is 0 Å². The molecule has 2 nitrogen and oxygen atoms in total. The van der Waals surface area contributed by atoms with E-state index < -0.39 is 5.97 Å². The van der Waals surface area contributed by atoms with E-state index in [1.165, 1.54) is 19.3 Å². The summed E-state index contributed by atoms with van der Waals surface area (Å²) in [7, 11) is 0. The lowest BCUT2D eigenvalue weighted by Crippen LogP contribution is -2.19. The van der Waals surface area contributed by atoms with Crippen LogP contribution in [-0.2, 0) is 4.79 Å². The molecule has 1 N–H and O–H groups in total. The Bertz CT molecular complexity index is 237. The summed E-state index contributed by atoms with van der Waals surface area (Å²) in [6, 6.07) is 0. The van der Waals surface area contributed by atoms with Gasteiger partial charge in [-0.2, -0.15) is 0 Å². The van der Waals surface area contributed by atoms with E-state index in [2.05, 4.69) is 0 Å². The number of carboxylic acids is 1. The lowest BCUT2D eigenvalue weighted by molar-refractivity contribution is -0.142. The molecular formula is C11H16O2. The van der Waals surface area contributed by atoms with Gasteiger partial charge in [-0.25, -0.2) is 0 Å². The smallest absolute Gasteiger partial charge is 0.306 e. The van der Waals surface area contributed by atoms with Crippen LogP contribution < -0.4 is 0 Å². The molecule has 0 aromatic carbocycles. The Morgan fingerprint density at radius 3 is 2.00 bits per heavy atom. The summed E-state index contributed by atoms with van der Waals surface area (Å²) in [6.07, 6.45) is 7.75. The van der Waals surface area contributed by atoms with Crippen molar-refractivity contribution < 1.29 is 9.90 Å². The minimum atomic E-state index is -0.599. The van der Waals surface area contributed by atoms with Gasteiger partial charge in [0, 0.05) is 0 Å². The fourth-order valence-corrected chi connectivity index (χ4v) is 2.27. The molecule has 2 rings (SSSR count). The number of hydrogen-bond acceptors (Lipinski definition) is 1. The molecule has 2 heteroatoms. The molecule has 0 heterocycles. The Morgan fingerprint density at radius 1 is 1.08 bits per heavy atom. The number of allylic oxidation sites excluding steroid dienone is 2. The highest BCUT2D eigenvalue weighted by Crippen LogP contribution is 2.37. The van der Waals surface area contributed by atoms with E-state index in [1.807, 2.05) is 0 Å². The minimum absolute atomic E-state index is 0.0653. The van der Waals surface area contributed by atoms with Gasteiger partial charge in [0.05, 0.1) is 5.92 Å². The highest BCUT2D eigenvalue weighted by Gasteiger charge is 2.25. The number of carbonyl (C=O) groups is 1. The third-order valence-corrected chi connectivity index (χ3v) is 3.40. The molecule has 0 spiro atoms. The van der Waals surface area contributed by atoms with Crippen LogP contribution in [-0.4, -0.2) is 11.1 Å². The van der Waals surface area contributed by atoms with Gasteiger partial charge in [0.1, 0.15) is 0 Å². The fraction of sp³-hybridized carbons (Fsp3) is 0.727. The van der Waals surface area contributed by atoms with Crippen LogP contribution in [0.4, 0.5) is 0 Å². The standard InChI is InChI=1S/C11H16O2/c12-11(13)10-6-4-9(5-7-10)8-2-1-3-8/h10H,1-7H2,(H,12,13). The molecule has 0 atom stereocenters. The van der Waals surface area contributed by atoms with E-state index in [0.717, 1.165) is 25.7 Å². The Kier molecular flexibility index (Phi) is 2.38. The summed E-state index contributed by atoms with van der Waals surface area (Å²) in [6.45, 7) is 0. The predicted octanol–water partition coefficient (Wildman–Crippen LogP) is 2.74. The minimum Gasteiger partial charge on any atom is -0.481 e. The van der Waals surface area contributed by atoms with Gasteiger partial charge in [-0.15, -0.1) is 0 Å². The van der Waals surface area contributed by atoms with Gasteiger partial charge >= 0.3 is 5.97 Å². The largest absolute Gasteiger partial charge is 0.481 e. The Morgan fingerprint density at radius 2 is 1.62 bits per heavy atom. The molecule has 2 saturated carbocycles. The quantitative estimate of drug-likeness (QED) is 0.630. The van der Waals surface area contributed by atoms with E-state index in [-0.39, 0.29) is 5.92 Å². The highest BCUT2D eigenvalue weighted by atomic mass is 16.4. The topological polar surface area (TPSA) is 37.3 Å². The van der Waals surface area contributed by atoms with Crippen molar-refractivity contribution in [1.82, 2.24) is 0 Å². The van der Waals surface area contributed by atoms with Crippen molar-refractivity contribution in [2.75, 3.05) is 0 Å². The van der Waals surface area contributed by atoms with Crippen molar-refractivity contribution in [3.05, 3.63) is 11.1 Å². The third-order valence-electron chi connectivity index (χ3n) is 3.40. The van der Waals surface area contributed by atoms with E-state index >= 15 is 0 Å².